The fourth-order valence-corrected chi connectivity index (χ4v) is 2.01. The van der Waals surface area contributed by atoms with Crippen LogP contribution in [0.2, 0.25) is 0 Å². The molecule has 2 rings (SSSR count). The van der Waals surface area contributed by atoms with Crippen molar-refractivity contribution in [1.29, 1.82) is 0 Å². The summed E-state index contributed by atoms with van der Waals surface area (Å²) in [5.41, 5.74) is 1.73. The van der Waals surface area contributed by atoms with Gasteiger partial charge in [-0.25, -0.2) is 4.39 Å². The van der Waals surface area contributed by atoms with Crippen molar-refractivity contribution < 1.29 is 14.3 Å². The van der Waals surface area contributed by atoms with E-state index in [0.717, 1.165) is 11.1 Å². The third-order valence-corrected chi connectivity index (χ3v) is 3.04. The van der Waals surface area contributed by atoms with Gasteiger partial charge in [-0.05, 0) is 17.5 Å². The minimum Gasteiger partial charge on any atom is -0.392 e. The third kappa shape index (κ3) is 1.93. The maximum Gasteiger partial charge on any atom is 0.225 e. The lowest BCUT2D eigenvalue weighted by molar-refractivity contribution is -0.135. The summed E-state index contributed by atoms with van der Waals surface area (Å²) in [6.45, 7) is -0.581. The predicted octanol–water partition coefficient (Wildman–Crippen LogP) is 0.805. The van der Waals surface area contributed by atoms with Gasteiger partial charge in [0.05, 0.1) is 18.6 Å². The lowest BCUT2D eigenvalue weighted by atomic mass is 9.84. The molecule has 1 aliphatic heterocycles. The van der Waals surface area contributed by atoms with Gasteiger partial charge in [0, 0.05) is 0 Å². The van der Waals surface area contributed by atoms with E-state index in [1.54, 1.807) is 0 Å². The number of β-lactam (4-membered cyclic amide) rings is 1. The molecule has 3 nitrogen and oxygen atoms in total. The molecular formula is C12H14FNO2. The molecule has 0 bridgehead atoms. The molecule has 1 amide bonds. The molecule has 4 heteroatoms. The fraction of sp³-hybridized carbons (Fsp3) is 0.417. The second-order valence-electron chi connectivity index (χ2n) is 4.01. The molecule has 0 aliphatic carbocycles. The van der Waals surface area contributed by atoms with Crippen molar-refractivity contribution in [2.75, 3.05) is 6.67 Å². The molecule has 86 valence electrons. The Morgan fingerprint density at radius 2 is 2.00 bits per heavy atom. The number of hydrogen-bond donors (Lipinski definition) is 2. The Kier molecular flexibility index (Phi) is 3.19. The first-order valence-electron chi connectivity index (χ1n) is 5.30. The molecule has 1 heterocycles. The molecule has 2 N–H and O–H groups in total. The van der Waals surface area contributed by atoms with E-state index in [1.807, 2.05) is 24.3 Å². The van der Waals surface area contributed by atoms with Crippen molar-refractivity contribution in [2.24, 2.45) is 5.92 Å². The van der Waals surface area contributed by atoms with Crippen LogP contribution in [0.5, 0.6) is 0 Å². The summed E-state index contributed by atoms with van der Waals surface area (Å²) in [7, 11) is 0. The van der Waals surface area contributed by atoms with Gasteiger partial charge in [-0.3, -0.25) is 4.79 Å². The molecule has 0 spiro atoms. The van der Waals surface area contributed by atoms with Crippen molar-refractivity contribution in [2.45, 2.75) is 19.1 Å². The molecule has 0 aromatic heterocycles. The Bertz CT molecular complexity index is 394. The van der Waals surface area contributed by atoms with Crippen LogP contribution in [0.25, 0.3) is 0 Å². The number of hydrogen-bond acceptors (Lipinski definition) is 2. The standard InChI is InChI=1S/C12H14FNO2/c13-6-11-10(12(16)14-11)5-8-3-1-2-4-9(8)7-15/h1-4,10-11,15H,5-7H2,(H,14,16)/t10-,11-/m0/s1. The second kappa shape index (κ2) is 4.61. The number of halogens is 1. The third-order valence-electron chi connectivity index (χ3n) is 3.04. The summed E-state index contributed by atoms with van der Waals surface area (Å²) in [5, 5.41) is 11.7. The Hall–Kier alpha value is -1.42. The van der Waals surface area contributed by atoms with Crippen molar-refractivity contribution >= 4 is 5.91 Å². The Labute approximate surface area is 93.3 Å². The van der Waals surface area contributed by atoms with Gasteiger partial charge >= 0.3 is 0 Å². The number of amides is 1. The average Bonchev–Trinajstić information content (AvgIpc) is 2.33. The number of aliphatic hydroxyl groups is 1. The van der Waals surface area contributed by atoms with Gasteiger partial charge in [-0.1, -0.05) is 24.3 Å². The van der Waals surface area contributed by atoms with Crippen LogP contribution in [-0.4, -0.2) is 23.7 Å². The van der Waals surface area contributed by atoms with Gasteiger partial charge in [-0.2, -0.15) is 0 Å². The highest BCUT2D eigenvalue weighted by Crippen LogP contribution is 2.22. The summed E-state index contributed by atoms with van der Waals surface area (Å²) >= 11 is 0. The quantitative estimate of drug-likeness (QED) is 0.742. The van der Waals surface area contributed by atoms with Crippen LogP contribution >= 0.6 is 0 Å². The molecule has 0 saturated carbocycles. The van der Waals surface area contributed by atoms with Crippen LogP contribution in [-0.2, 0) is 17.8 Å². The number of rotatable bonds is 4. The molecule has 16 heavy (non-hydrogen) atoms. The molecule has 1 aromatic rings. The van der Waals surface area contributed by atoms with Crippen LogP contribution in [0.4, 0.5) is 4.39 Å². The lowest BCUT2D eigenvalue weighted by Gasteiger charge is -2.35. The summed E-state index contributed by atoms with van der Waals surface area (Å²) in [6.07, 6.45) is 0.497. The van der Waals surface area contributed by atoms with Crippen LogP contribution in [0.15, 0.2) is 24.3 Å². The minimum atomic E-state index is -0.530. The normalized spacial score (nSPS) is 23.8. The summed E-state index contributed by atoms with van der Waals surface area (Å²) in [6, 6.07) is 7.01. The number of carbonyl (C=O) groups is 1. The van der Waals surface area contributed by atoms with E-state index in [9.17, 15) is 9.18 Å². The van der Waals surface area contributed by atoms with E-state index in [0.29, 0.717) is 6.42 Å². The lowest BCUT2D eigenvalue weighted by Crippen LogP contribution is -2.60. The minimum absolute atomic E-state index is 0.0508. The molecule has 1 aliphatic rings. The van der Waals surface area contributed by atoms with E-state index in [4.69, 9.17) is 5.11 Å². The zero-order chi connectivity index (χ0) is 11.5. The molecule has 1 saturated heterocycles. The van der Waals surface area contributed by atoms with Gasteiger partial charge in [0.15, 0.2) is 0 Å². The maximum absolute atomic E-state index is 12.5. The Morgan fingerprint density at radius 1 is 1.31 bits per heavy atom. The van der Waals surface area contributed by atoms with E-state index in [2.05, 4.69) is 5.32 Å². The van der Waals surface area contributed by atoms with Crippen molar-refractivity contribution in [3.05, 3.63) is 35.4 Å². The van der Waals surface area contributed by atoms with Gasteiger partial charge in [0.25, 0.3) is 0 Å². The van der Waals surface area contributed by atoms with E-state index >= 15 is 0 Å². The first kappa shape index (κ1) is 11.1. The highest BCUT2D eigenvalue weighted by molar-refractivity contribution is 5.86. The number of aliphatic hydroxyl groups excluding tert-OH is 1. The van der Waals surface area contributed by atoms with Gasteiger partial charge in [0.1, 0.15) is 6.67 Å². The molecule has 1 fully saturated rings. The van der Waals surface area contributed by atoms with Crippen molar-refractivity contribution in [3.8, 4) is 0 Å². The topological polar surface area (TPSA) is 49.3 Å². The monoisotopic (exact) mass is 223 g/mol. The number of alkyl halides is 1. The number of nitrogens with one attached hydrogen (secondary N) is 1. The largest absolute Gasteiger partial charge is 0.392 e. The molecule has 0 radical (unpaired) electrons. The van der Waals surface area contributed by atoms with Crippen LogP contribution in [0.3, 0.4) is 0 Å². The maximum atomic E-state index is 12.5. The number of carbonyl (C=O) groups excluding carboxylic acids is 1. The predicted molar refractivity (Wildman–Crippen MR) is 57.5 cm³/mol. The van der Waals surface area contributed by atoms with Crippen molar-refractivity contribution in [3.63, 3.8) is 0 Å². The first-order chi connectivity index (χ1) is 7.76. The highest BCUT2D eigenvalue weighted by Gasteiger charge is 2.39. The second-order valence-corrected chi connectivity index (χ2v) is 4.01. The molecule has 0 unspecified atom stereocenters. The zero-order valence-corrected chi connectivity index (χ0v) is 8.82. The van der Waals surface area contributed by atoms with Gasteiger partial charge in [0.2, 0.25) is 5.91 Å². The number of benzene rings is 1. The molecule has 2 atom stereocenters. The smallest absolute Gasteiger partial charge is 0.225 e. The summed E-state index contributed by atoms with van der Waals surface area (Å²) in [4.78, 5) is 11.3. The Morgan fingerprint density at radius 3 is 2.56 bits per heavy atom. The van der Waals surface area contributed by atoms with Gasteiger partial charge in [-0.15, -0.1) is 0 Å². The van der Waals surface area contributed by atoms with Crippen LogP contribution in [0, 0.1) is 5.92 Å². The van der Waals surface area contributed by atoms with Crippen LogP contribution in [0.1, 0.15) is 11.1 Å². The van der Waals surface area contributed by atoms with Gasteiger partial charge < -0.3 is 10.4 Å². The molecular weight excluding hydrogens is 209 g/mol. The van der Waals surface area contributed by atoms with E-state index in [1.165, 1.54) is 0 Å². The SMILES string of the molecule is O=C1N[C@@H](CF)[C@@H]1Cc1ccccc1CO. The first-order valence-corrected chi connectivity index (χ1v) is 5.30. The fourth-order valence-electron chi connectivity index (χ4n) is 2.01. The van der Waals surface area contributed by atoms with E-state index < -0.39 is 6.67 Å². The van der Waals surface area contributed by atoms with Crippen molar-refractivity contribution in [1.82, 2.24) is 5.32 Å². The molecule has 1 aromatic carbocycles. The van der Waals surface area contributed by atoms with E-state index in [-0.39, 0.29) is 24.5 Å². The van der Waals surface area contributed by atoms with Crippen LogP contribution < -0.4 is 5.32 Å². The summed E-state index contributed by atoms with van der Waals surface area (Å²) in [5.74, 6) is -0.395. The summed E-state index contributed by atoms with van der Waals surface area (Å²) < 4.78 is 12.5. The average molecular weight is 223 g/mol. The highest BCUT2D eigenvalue weighted by atomic mass is 19.1. The zero-order valence-electron chi connectivity index (χ0n) is 8.82. The Balaban J connectivity index is 2.11.